The van der Waals surface area contributed by atoms with Crippen molar-refractivity contribution in [2.24, 2.45) is 5.73 Å². The minimum atomic E-state index is -0.227. The van der Waals surface area contributed by atoms with E-state index in [2.05, 4.69) is 0 Å². The van der Waals surface area contributed by atoms with Crippen molar-refractivity contribution in [2.45, 2.75) is 6.04 Å². The van der Waals surface area contributed by atoms with E-state index in [1.165, 1.54) is 0 Å². The highest BCUT2D eigenvalue weighted by molar-refractivity contribution is 5.39. The third kappa shape index (κ3) is 3.42. The smallest absolute Gasteiger partial charge is 0.161 e. The Labute approximate surface area is 119 Å². The van der Waals surface area contributed by atoms with Crippen LogP contribution in [0.3, 0.4) is 0 Å². The zero-order valence-corrected chi connectivity index (χ0v) is 11.7. The van der Waals surface area contributed by atoms with Gasteiger partial charge in [0.2, 0.25) is 0 Å². The Balaban J connectivity index is 2.02. The lowest BCUT2D eigenvalue weighted by Crippen LogP contribution is -2.19. The average molecular weight is 273 g/mol. The van der Waals surface area contributed by atoms with Crippen LogP contribution in [0, 0.1) is 0 Å². The summed E-state index contributed by atoms with van der Waals surface area (Å²) in [7, 11) is 3.25. The van der Waals surface area contributed by atoms with Gasteiger partial charge in [0.1, 0.15) is 12.4 Å². The normalized spacial score (nSPS) is 11.8. The maximum atomic E-state index is 6.14. The van der Waals surface area contributed by atoms with Crippen molar-refractivity contribution >= 4 is 0 Å². The van der Waals surface area contributed by atoms with E-state index in [1.807, 2.05) is 48.5 Å². The molecule has 0 radical (unpaired) electrons. The maximum Gasteiger partial charge on any atom is 0.161 e. The van der Waals surface area contributed by atoms with E-state index in [9.17, 15) is 0 Å². The van der Waals surface area contributed by atoms with Gasteiger partial charge in [-0.2, -0.15) is 0 Å². The lowest BCUT2D eigenvalue weighted by molar-refractivity contribution is 0.273. The van der Waals surface area contributed by atoms with Crippen molar-refractivity contribution < 1.29 is 14.2 Å². The van der Waals surface area contributed by atoms with E-state index in [-0.39, 0.29) is 6.04 Å². The summed E-state index contributed by atoms with van der Waals surface area (Å²) < 4.78 is 16.1. The van der Waals surface area contributed by atoms with E-state index in [4.69, 9.17) is 19.9 Å². The van der Waals surface area contributed by atoms with Gasteiger partial charge in [0.05, 0.1) is 20.3 Å². The van der Waals surface area contributed by atoms with Crippen LogP contribution in [0.2, 0.25) is 0 Å². The van der Waals surface area contributed by atoms with Gasteiger partial charge in [-0.25, -0.2) is 0 Å². The Morgan fingerprint density at radius 3 is 2.40 bits per heavy atom. The quantitative estimate of drug-likeness (QED) is 0.879. The van der Waals surface area contributed by atoms with Gasteiger partial charge >= 0.3 is 0 Å². The number of para-hydroxylation sites is 2. The van der Waals surface area contributed by atoms with Gasteiger partial charge in [0.25, 0.3) is 0 Å². The summed E-state index contributed by atoms with van der Waals surface area (Å²) in [6, 6.07) is 14.9. The molecule has 0 saturated carbocycles. The van der Waals surface area contributed by atoms with Crippen LogP contribution in [0.4, 0.5) is 0 Å². The molecule has 4 nitrogen and oxygen atoms in total. The second kappa shape index (κ2) is 6.82. The zero-order valence-electron chi connectivity index (χ0n) is 11.7. The summed E-state index contributed by atoms with van der Waals surface area (Å²) >= 11 is 0. The molecule has 2 aromatic carbocycles. The Hall–Kier alpha value is -2.20. The standard InChI is InChI=1S/C16H19NO3/c1-18-13-7-5-6-12(10-13)14(17)11-20-16-9-4-3-8-15(16)19-2/h3-10,14H,11,17H2,1-2H3. The molecule has 1 atom stereocenters. The Morgan fingerprint density at radius 2 is 1.70 bits per heavy atom. The molecule has 4 heteroatoms. The number of hydrogen-bond acceptors (Lipinski definition) is 4. The van der Waals surface area contributed by atoms with E-state index >= 15 is 0 Å². The topological polar surface area (TPSA) is 53.7 Å². The predicted octanol–water partition coefficient (Wildman–Crippen LogP) is 2.78. The first-order valence-corrected chi connectivity index (χ1v) is 6.40. The highest BCUT2D eigenvalue weighted by Crippen LogP contribution is 2.27. The summed E-state index contributed by atoms with van der Waals surface area (Å²) in [4.78, 5) is 0. The molecule has 1 unspecified atom stereocenters. The molecule has 0 fully saturated rings. The Bertz CT molecular complexity index is 557. The van der Waals surface area contributed by atoms with Crippen molar-refractivity contribution in [2.75, 3.05) is 20.8 Å². The maximum absolute atomic E-state index is 6.14. The fraction of sp³-hybridized carbons (Fsp3) is 0.250. The molecule has 0 aliphatic carbocycles. The van der Waals surface area contributed by atoms with Crippen LogP contribution < -0.4 is 19.9 Å². The molecule has 20 heavy (non-hydrogen) atoms. The van der Waals surface area contributed by atoms with Crippen LogP contribution >= 0.6 is 0 Å². The fourth-order valence-electron chi connectivity index (χ4n) is 1.89. The highest BCUT2D eigenvalue weighted by Gasteiger charge is 2.10. The summed E-state index contributed by atoms with van der Waals surface area (Å²) in [6.07, 6.45) is 0. The van der Waals surface area contributed by atoms with Crippen LogP contribution in [0.15, 0.2) is 48.5 Å². The monoisotopic (exact) mass is 273 g/mol. The Morgan fingerprint density at radius 1 is 0.950 bits per heavy atom. The van der Waals surface area contributed by atoms with Gasteiger partial charge < -0.3 is 19.9 Å². The van der Waals surface area contributed by atoms with Crippen LogP contribution in [0.25, 0.3) is 0 Å². The van der Waals surface area contributed by atoms with Gasteiger partial charge in [-0.3, -0.25) is 0 Å². The molecule has 2 rings (SSSR count). The SMILES string of the molecule is COc1cccc(C(N)COc2ccccc2OC)c1. The minimum absolute atomic E-state index is 0.227. The van der Waals surface area contributed by atoms with Crippen molar-refractivity contribution in [3.05, 3.63) is 54.1 Å². The number of methoxy groups -OCH3 is 2. The van der Waals surface area contributed by atoms with Crippen LogP contribution in [-0.2, 0) is 0 Å². The Kier molecular flexibility index (Phi) is 4.85. The molecular formula is C16H19NO3. The number of ether oxygens (including phenoxy) is 3. The molecule has 0 aliphatic rings. The molecule has 0 heterocycles. The molecule has 2 aromatic rings. The third-order valence-electron chi connectivity index (χ3n) is 3.01. The molecule has 106 valence electrons. The first-order valence-electron chi connectivity index (χ1n) is 6.40. The van der Waals surface area contributed by atoms with Crippen molar-refractivity contribution in [3.63, 3.8) is 0 Å². The largest absolute Gasteiger partial charge is 0.497 e. The van der Waals surface area contributed by atoms with Crippen molar-refractivity contribution in [1.82, 2.24) is 0 Å². The summed E-state index contributed by atoms with van der Waals surface area (Å²) in [5.41, 5.74) is 7.11. The van der Waals surface area contributed by atoms with E-state index < -0.39 is 0 Å². The third-order valence-corrected chi connectivity index (χ3v) is 3.01. The average Bonchev–Trinajstić information content (AvgIpc) is 2.52. The summed E-state index contributed by atoms with van der Waals surface area (Å²) in [6.45, 7) is 0.369. The fourth-order valence-corrected chi connectivity index (χ4v) is 1.89. The molecule has 2 N–H and O–H groups in total. The number of hydrogen-bond donors (Lipinski definition) is 1. The van der Waals surface area contributed by atoms with Crippen LogP contribution in [0.1, 0.15) is 11.6 Å². The second-order valence-corrected chi connectivity index (χ2v) is 4.34. The van der Waals surface area contributed by atoms with Gasteiger partial charge in [0.15, 0.2) is 11.5 Å². The van der Waals surface area contributed by atoms with Crippen LogP contribution in [0.5, 0.6) is 17.2 Å². The molecule has 0 aromatic heterocycles. The van der Waals surface area contributed by atoms with Gasteiger partial charge in [-0.15, -0.1) is 0 Å². The van der Waals surface area contributed by atoms with Gasteiger partial charge in [-0.05, 0) is 29.8 Å². The molecule has 0 spiro atoms. The van der Waals surface area contributed by atoms with Crippen molar-refractivity contribution in [1.29, 1.82) is 0 Å². The van der Waals surface area contributed by atoms with Crippen molar-refractivity contribution in [3.8, 4) is 17.2 Å². The van der Waals surface area contributed by atoms with E-state index in [0.29, 0.717) is 18.1 Å². The van der Waals surface area contributed by atoms with Crippen LogP contribution in [-0.4, -0.2) is 20.8 Å². The highest BCUT2D eigenvalue weighted by atomic mass is 16.5. The first-order chi connectivity index (χ1) is 9.74. The van der Waals surface area contributed by atoms with Gasteiger partial charge in [0, 0.05) is 0 Å². The zero-order chi connectivity index (χ0) is 14.4. The molecule has 0 bridgehead atoms. The molecule has 0 saturated heterocycles. The first kappa shape index (κ1) is 14.2. The van der Waals surface area contributed by atoms with E-state index in [1.54, 1.807) is 14.2 Å². The number of nitrogens with two attached hydrogens (primary N) is 1. The molecular weight excluding hydrogens is 254 g/mol. The summed E-state index contributed by atoms with van der Waals surface area (Å²) in [5.74, 6) is 2.17. The number of rotatable bonds is 6. The summed E-state index contributed by atoms with van der Waals surface area (Å²) in [5, 5.41) is 0. The predicted molar refractivity (Wildman–Crippen MR) is 78.4 cm³/mol. The second-order valence-electron chi connectivity index (χ2n) is 4.34. The number of benzene rings is 2. The molecule has 0 aliphatic heterocycles. The molecule has 0 amide bonds. The van der Waals surface area contributed by atoms with E-state index in [0.717, 1.165) is 11.3 Å². The van der Waals surface area contributed by atoms with Gasteiger partial charge in [-0.1, -0.05) is 24.3 Å². The lowest BCUT2D eigenvalue weighted by Gasteiger charge is -2.16. The lowest BCUT2D eigenvalue weighted by atomic mass is 10.1. The minimum Gasteiger partial charge on any atom is -0.497 e.